The fraction of sp³-hybridized carbons (Fsp3) is 0.750. The Kier molecular flexibility index (Phi) is 7.49. The Labute approximate surface area is 161 Å². The van der Waals surface area contributed by atoms with Gasteiger partial charge < -0.3 is 15.0 Å². The summed E-state index contributed by atoms with van der Waals surface area (Å²) in [5.41, 5.74) is 0. The minimum atomic E-state index is 0.0570. The van der Waals surface area contributed by atoms with Crippen molar-refractivity contribution in [3.05, 3.63) is 22.4 Å². The molecule has 2 aliphatic rings. The Hall–Kier alpha value is -0.950. The molecule has 1 amide bonds. The predicted molar refractivity (Wildman–Crippen MR) is 107 cm³/mol. The minimum absolute atomic E-state index is 0.0570. The number of hydrogen-bond donors (Lipinski definition) is 1. The van der Waals surface area contributed by atoms with Gasteiger partial charge in [-0.15, -0.1) is 11.3 Å². The molecule has 0 aromatic carbocycles. The van der Waals surface area contributed by atoms with Gasteiger partial charge in [0.05, 0.1) is 4.88 Å². The van der Waals surface area contributed by atoms with E-state index in [1.807, 2.05) is 17.5 Å². The molecule has 0 atom stereocenters. The summed E-state index contributed by atoms with van der Waals surface area (Å²) in [6.07, 6.45) is 4.69. The Morgan fingerprint density at radius 3 is 2.58 bits per heavy atom. The van der Waals surface area contributed by atoms with Crippen LogP contribution >= 0.6 is 11.3 Å². The molecule has 0 radical (unpaired) electrons. The Morgan fingerprint density at radius 2 is 1.96 bits per heavy atom. The van der Waals surface area contributed by atoms with E-state index in [9.17, 15) is 4.79 Å². The number of piperidine rings is 1. The zero-order valence-corrected chi connectivity index (χ0v) is 17.0. The zero-order chi connectivity index (χ0) is 18.4. The first-order valence-corrected chi connectivity index (χ1v) is 10.9. The third-order valence-corrected chi connectivity index (χ3v) is 6.63. The summed E-state index contributed by atoms with van der Waals surface area (Å²) < 4.78 is 5.57. The molecule has 3 heterocycles. The molecule has 1 aromatic rings. The number of carbonyl (C=O) groups excluding carboxylic acids is 1. The number of ether oxygens (including phenoxy) is 1. The summed E-state index contributed by atoms with van der Waals surface area (Å²) in [6, 6.07) is 5.68. The zero-order valence-electron chi connectivity index (χ0n) is 16.2. The molecular formula is C20H33N3O2S. The summed E-state index contributed by atoms with van der Waals surface area (Å²) in [7, 11) is 0. The highest BCUT2D eigenvalue weighted by atomic mass is 32.1. The van der Waals surface area contributed by atoms with Crippen molar-refractivity contribution in [1.29, 1.82) is 0 Å². The number of nitrogens with zero attached hydrogens (tertiary/aromatic N) is 2. The van der Waals surface area contributed by atoms with Crippen molar-refractivity contribution < 1.29 is 9.53 Å². The monoisotopic (exact) mass is 379 g/mol. The second kappa shape index (κ2) is 9.83. The largest absolute Gasteiger partial charge is 0.381 e. The van der Waals surface area contributed by atoms with Crippen LogP contribution < -0.4 is 5.32 Å². The van der Waals surface area contributed by atoms with Gasteiger partial charge in [-0.1, -0.05) is 6.07 Å². The minimum Gasteiger partial charge on any atom is -0.381 e. The summed E-state index contributed by atoms with van der Waals surface area (Å²) in [5.74, 6) is 0.0570. The lowest BCUT2D eigenvalue weighted by Gasteiger charge is -2.44. The molecular weight excluding hydrogens is 346 g/mol. The highest BCUT2D eigenvalue weighted by Crippen LogP contribution is 2.24. The average molecular weight is 380 g/mol. The van der Waals surface area contributed by atoms with Crippen molar-refractivity contribution in [3.63, 3.8) is 0 Å². The molecule has 5 nitrogen and oxygen atoms in total. The Morgan fingerprint density at radius 1 is 1.27 bits per heavy atom. The van der Waals surface area contributed by atoms with Crippen LogP contribution in [-0.2, 0) is 4.74 Å². The number of hydrogen-bond acceptors (Lipinski definition) is 5. The first-order valence-electron chi connectivity index (χ1n) is 10.0. The van der Waals surface area contributed by atoms with Gasteiger partial charge in [-0.2, -0.15) is 0 Å². The molecule has 0 saturated carbocycles. The van der Waals surface area contributed by atoms with Crippen molar-refractivity contribution in [2.75, 3.05) is 39.4 Å². The second-order valence-electron chi connectivity index (χ2n) is 7.68. The molecule has 2 fully saturated rings. The van der Waals surface area contributed by atoms with Crippen LogP contribution in [0.5, 0.6) is 0 Å². The highest BCUT2D eigenvalue weighted by molar-refractivity contribution is 7.12. The van der Waals surface area contributed by atoms with E-state index in [4.69, 9.17) is 4.74 Å². The number of rotatable bonds is 7. The normalized spacial score (nSPS) is 20.8. The molecule has 2 saturated heterocycles. The van der Waals surface area contributed by atoms with Gasteiger partial charge in [0, 0.05) is 44.4 Å². The number of nitrogens with one attached hydrogen (secondary N) is 1. The maximum Gasteiger partial charge on any atom is 0.261 e. The SMILES string of the molecule is CC(C)N1CCC(N(CCNC(=O)c2cccs2)C2CCOCC2)CC1. The van der Waals surface area contributed by atoms with E-state index >= 15 is 0 Å². The van der Waals surface area contributed by atoms with E-state index in [0.29, 0.717) is 18.1 Å². The fourth-order valence-corrected chi connectivity index (χ4v) is 4.85. The Bertz CT molecular complexity index is 535. The quantitative estimate of drug-likeness (QED) is 0.791. The van der Waals surface area contributed by atoms with Gasteiger partial charge >= 0.3 is 0 Å². The first-order chi connectivity index (χ1) is 12.6. The van der Waals surface area contributed by atoms with E-state index < -0.39 is 0 Å². The number of carbonyl (C=O) groups is 1. The van der Waals surface area contributed by atoms with Gasteiger partial charge in [-0.05, 0) is 64.1 Å². The van der Waals surface area contributed by atoms with Gasteiger partial charge in [0.2, 0.25) is 0 Å². The van der Waals surface area contributed by atoms with Crippen LogP contribution in [0.2, 0.25) is 0 Å². The van der Waals surface area contributed by atoms with Crippen LogP contribution in [0, 0.1) is 0 Å². The topological polar surface area (TPSA) is 44.8 Å². The third kappa shape index (κ3) is 5.28. The van der Waals surface area contributed by atoms with E-state index in [0.717, 1.165) is 44.0 Å². The van der Waals surface area contributed by atoms with Gasteiger partial charge in [-0.25, -0.2) is 0 Å². The lowest BCUT2D eigenvalue weighted by molar-refractivity contribution is 0.0000286. The van der Waals surface area contributed by atoms with Crippen LogP contribution in [0.4, 0.5) is 0 Å². The maximum atomic E-state index is 12.2. The molecule has 26 heavy (non-hydrogen) atoms. The van der Waals surface area contributed by atoms with E-state index in [1.165, 1.54) is 37.3 Å². The molecule has 0 aliphatic carbocycles. The van der Waals surface area contributed by atoms with Crippen molar-refractivity contribution in [3.8, 4) is 0 Å². The summed E-state index contributed by atoms with van der Waals surface area (Å²) in [6.45, 7) is 10.3. The van der Waals surface area contributed by atoms with Gasteiger partial charge in [0.1, 0.15) is 0 Å². The summed E-state index contributed by atoms with van der Waals surface area (Å²) >= 11 is 1.50. The molecule has 0 spiro atoms. The van der Waals surface area contributed by atoms with Crippen LogP contribution in [-0.4, -0.2) is 73.2 Å². The third-order valence-electron chi connectivity index (χ3n) is 5.76. The van der Waals surface area contributed by atoms with Crippen molar-refractivity contribution in [2.24, 2.45) is 0 Å². The van der Waals surface area contributed by atoms with Crippen molar-refractivity contribution in [2.45, 2.75) is 57.7 Å². The average Bonchev–Trinajstić information content (AvgIpc) is 3.21. The van der Waals surface area contributed by atoms with E-state index in [2.05, 4.69) is 29.0 Å². The summed E-state index contributed by atoms with van der Waals surface area (Å²) in [5, 5.41) is 5.06. The molecule has 0 bridgehead atoms. The smallest absolute Gasteiger partial charge is 0.261 e. The number of likely N-dealkylation sites (tertiary alicyclic amines) is 1. The predicted octanol–water partition coefficient (Wildman–Crippen LogP) is 2.83. The molecule has 0 unspecified atom stereocenters. The second-order valence-corrected chi connectivity index (χ2v) is 8.62. The van der Waals surface area contributed by atoms with Crippen LogP contribution in [0.15, 0.2) is 17.5 Å². The van der Waals surface area contributed by atoms with E-state index in [-0.39, 0.29) is 5.91 Å². The van der Waals surface area contributed by atoms with E-state index in [1.54, 1.807) is 0 Å². The molecule has 3 rings (SSSR count). The Balaban J connectivity index is 1.54. The van der Waals surface area contributed by atoms with Crippen LogP contribution in [0.3, 0.4) is 0 Å². The maximum absolute atomic E-state index is 12.2. The first kappa shape index (κ1) is 19.8. The summed E-state index contributed by atoms with van der Waals surface area (Å²) in [4.78, 5) is 18.3. The van der Waals surface area contributed by atoms with Crippen molar-refractivity contribution in [1.82, 2.24) is 15.1 Å². The van der Waals surface area contributed by atoms with Crippen molar-refractivity contribution >= 4 is 17.2 Å². The molecule has 2 aliphatic heterocycles. The van der Waals surface area contributed by atoms with Gasteiger partial charge in [-0.3, -0.25) is 9.69 Å². The lowest BCUT2D eigenvalue weighted by atomic mass is 9.97. The van der Waals surface area contributed by atoms with Gasteiger partial charge in [0.25, 0.3) is 5.91 Å². The molecule has 1 aromatic heterocycles. The fourth-order valence-electron chi connectivity index (χ4n) is 4.21. The van der Waals surface area contributed by atoms with Crippen LogP contribution in [0.1, 0.15) is 49.2 Å². The number of amides is 1. The highest BCUT2D eigenvalue weighted by Gasteiger charge is 2.31. The van der Waals surface area contributed by atoms with Gasteiger partial charge in [0.15, 0.2) is 0 Å². The lowest BCUT2D eigenvalue weighted by Crippen LogP contribution is -2.53. The molecule has 6 heteroatoms. The molecule has 1 N–H and O–H groups in total. The van der Waals surface area contributed by atoms with Crippen LogP contribution in [0.25, 0.3) is 0 Å². The standard InChI is InChI=1S/C20H33N3O2S/c1-16(2)22-10-5-17(6-11-22)23(18-7-13-25-14-8-18)12-9-21-20(24)19-4-3-15-26-19/h3-4,15-18H,5-14H2,1-2H3,(H,21,24). The number of thiophene rings is 1. The molecule has 146 valence electrons.